The first-order valence-electron chi connectivity index (χ1n) is 8.32. The molecule has 1 amide bonds. The van der Waals surface area contributed by atoms with E-state index in [4.69, 9.17) is 9.47 Å². The average Bonchev–Trinajstić information content (AvgIpc) is 2.65. The average molecular weight is 327 g/mol. The number of methoxy groups -OCH3 is 1. The lowest BCUT2D eigenvalue weighted by molar-refractivity contribution is -0.128. The highest BCUT2D eigenvalue weighted by molar-refractivity contribution is 5.81. The molecule has 4 nitrogen and oxygen atoms in total. The van der Waals surface area contributed by atoms with Gasteiger partial charge in [0.25, 0.3) is 5.91 Å². The number of ether oxygens (including phenoxy) is 2. The molecule has 0 saturated heterocycles. The van der Waals surface area contributed by atoms with Crippen LogP contribution in [0, 0.1) is 0 Å². The lowest BCUT2D eigenvalue weighted by atomic mass is 10.1. The van der Waals surface area contributed by atoms with Gasteiger partial charge in [0.05, 0.1) is 7.11 Å². The van der Waals surface area contributed by atoms with Gasteiger partial charge in [0.1, 0.15) is 11.5 Å². The molecule has 0 bridgehead atoms. The van der Waals surface area contributed by atoms with Crippen LogP contribution in [-0.2, 0) is 17.8 Å². The molecule has 0 aromatic heterocycles. The van der Waals surface area contributed by atoms with Crippen molar-refractivity contribution in [3.63, 3.8) is 0 Å². The predicted octanol–water partition coefficient (Wildman–Crippen LogP) is 3.73. The number of nitrogens with one attached hydrogen (secondary N) is 1. The van der Waals surface area contributed by atoms with E-state index in [9.17, 15) is 4.79 Å². The second-order valence-corrected chi connectivity index (χ2v) is 5.58. The first kappa shape index (κ1) is 17.9. The highest BCUT2D eigenvalue weighted by Crippen LogP contribution is 2.16. The standard InChI is InChI=1S/C20H25NO3/c1-4-15-6-12-18(13-7-15)24-19(5-2)20(22)21-14-16-8-10-17(23-3)11-9-16/h6-13,19H,4-5,14H2,1-3H3,(H,21,22)/t19-/m1/s1. The van der Waals surface area contributed by atoms with Crippen molar-refractivity contribution in [2.75, 3.05) is 7.11 Å². The van der Waals surface area contributed by atoms with Gasteiger partial charge < -0.3 is 14.8 Å². The van der Waals surface area contributed by atoms with E-state index in [-0.39, 0.29) is 5.91 Å². The summed E-state index contributed by atoms with van der Waals surface area (Å²) in [5, 5.41) is 2.93. The lowest BCUT2D eigenvalue weighted by Gasteiger charge is -2.17. The van der Waals surface area contributed by atoms with Gasteiger partial charge in [-0.15, -0.1) is 0 Å². The molecule has 24 heavy (non-hydrogen) atoms. The molecule has 0 unspecified atom stereocenters. The Morgan fingerprint density at radius 2 is 1.54 bits per heavy atom. The number of aryl methyl sites for hydroxylation is 1. The second kappa shape index (κ2) is 8.96. The van der Waals surface area contributed by atoms with Gasteiger partial charge in [-0.2, -0.15) is 0 Å². The van der Waals surface area contributed by atoms with Crippen LogP contribution in [-0.4, -0.2) is 19.1 Å². The van der Waals surface area contributed by atoms with Gasteiger partial charge in [0.15, 0.2) is 6.10 Å². The van der Waals surface area contributed by atoms with E-state index in [1.54, 1.807) is 7.11 Å². The van der Waals surface area contributed by atoms with Crippen molar-refractivity contribution in [3.8, 4) is 11.5 Å². The van der Waals surface area contributed by atoms with E-state index in [1.807, 2.05) is 55.5 Å². The number of amides is 1. The minimum Gasteiger partial charge on any atom is -0.497 e. The summed E-state index contributed by atoms with van der Waals surface area (Å²) in [5.41, 5.74) is 2.27. The van der Waals surface area contributed by atoms with E-state index in [0.717, 1.165) is 23.5 Å². The summed E-state index contributed by atoms with van der Waals surface area (Å²) in [6, 6.07) is 15.5. The Kier molecular flexibility index (Phi) is 6.67. The molecule has 1 atom stereocenters. The molecule has 0 saturated carbocycles. The summed E-state index contributed by atoms with van der Waals surface area (Å²) in [6.07, 6.45) is 1.11. The minimum absolute atomic E-state index is 0.104. The molecule has 4 heteroatoms. The van der Waals surface area contributed by atoms with Crippen molar-refractivity contribution >= 4 is 5.91 Å². The van der Waals surface area contributed by atoms with Crippen LogP contribution in [0.15, 0.2) is 48.5 Å². The van der Waals surface area contributed by atoms with Crippen molar-refractivity contribution in [1.29, 1.82) is 0 Å². The number of hydrogen-bond acceptors (Lipinski definition) is 3. The Hall–Kier alpha value is -2.49. The Morgan fingerprint density at radius 1 is 0.958 bits per heavy atom. The third kappa shape index (κ3) is 5.01. The zero-order valence-corrected chi connectivity index (χ0v) is 14.5. The molecular formula is C20H25NO3. The van der Waals surface area contributed by atoms with Crippen molar-refractivity contribution in [2.45, 2.75) is 39.3 Å². The Bertz CT molecular complexity index is 635. The summed E-state index contributed by atoms with van der Waals surface area (Å²) in [5.74, 6) is 1.42. The quantitative estimate of drug-likeness (QED) is 0.803. The van der Waals surface area contributed by atoms with E-state index < -0.39 is 6.10 Å². The maximum absolute atomic E-state index is 12.3. The molecule has 0 spiro atoms. The highest BCUT2D eigenvalue weighted by Gasteiger charge is 2.18. The molecule has 2 aromatic carbocycles. The van der Waals surface area contributed by atoms with Gasteiger partial charge in [0.2, 0.25) is 0 Å². The predicted molar refractivity (Wildman–Crippen MR) is 95.4 cm³/mol. The molecule has 2 rings (SSSR count). The summed E-state index contributed by atoms with van der Waals surface area (Å²) < 4.78 is 10.9. The van der Waals surface area contributed by atoms with Gasteiger partial charge >= 0.3 is 0 Å². The fourth-order valence-electron chi connectivity index (χ4n) is 2.34. The summed E-state index contributed by atoms with van der Waals surface area (Å²) in [4.78, 5) is 12.3. The second-order valence-electron chi connectivity index (χ2n) is 5.58. The first-order valence-corrected chi connectivity index (χ1v) is 8.32. The smallest absolute Gasteiger partial charge is 0.261 e. The van der Waals surface area contributed by atoms with Crippen LogP contribution in [0.5, 0.6) is 11.5 Å². The monoisotopic (exact) mass is 327 g/mol. The zero-order valence-electron chi connectivity index (χ0n) is 14.5. The first-order chi connectivity index (χ1) is 11.7. The molecule has 0 fully saturated rings. The Labute approximate surface area is 143 Å². The van der Waals surface area contributed by atoms with E-state index >= 15 is 0 Å². The third-order valence-electron chi connectivity index (χ3n) is 3.90. The van der Waals surface area contributed by atoms with Crippen molar-refractivity contribution in [1.82, 2.24) is 5.32 Å². The maximum Gasteiger partial charge on any atom is 0.261 e. The van der Waals surface area contributed by atoms with Crippen LogP contribution in [0.2, 0.25) is 0 Å². The molecule has 2 aromatic rings. The van der Waals surface area contributed by atoms with Gasteiger partial charge in [-0.1, -0.05) is 38.1 Å². The fourth-order valence-corrected chi connectivity index (χ4v) is 2.34. The normalized spacial score (nSPS) is 11.6. The highest BCUT2D eigenvalue weighted by atomic mass is 16.5. The maximum atomic E-state index is 12.3. The van der Waals surface area contributed by atoms with Crippen LogP contribution < -0.4 is 14.8 Å². The lowest BCUT2D eigenvalue weighted by Crippen LogP contribution is -2.37. The van der Waals surface area contributed by atoms with Crippen LogP contribution >= 0.6 is 0 Å². The van der Waals surface area contributed by atoms with Crippen LogP contribution in [0.1, 0.15) is 31.4 Å². The number of benzene rings is 2. The minimum atomic E-state index is -0.490. The number of hydrogen-bond donors (Lipinski definition) is 1. The molecular weight excluding hydrogens is 302 g/mol. The van der Waals surface area contributed by atoms with E-state index in [0.29, 0.717) is 13.0 Å². The molecule has 0 heterocycles. The number of carbonyl (C=O) groups is 1. The Balaban J connectivity index is 1.89. The van der Waals surface area contributed by atoms with Gasteiger partial charge in [-0.05, 0) is 48.2 Å². The molecule has 128 valence electrons. The SMILES string of the molecule is CCc1ccc(O[C@H](CC)C(=O)NCc2ccc(OC)cc2)cc1. The van der Waals surface area contributed by atoms with Crippen molar-refractivity contribution < 1.29 is 14.3 Å². The fraction of sp³-hybridized carbons (Fsp3) is 0.350. The largest absolute Gasteiger partial charge is 0.497 e. The van der Waals surface area contributed by atoms with Gasteiger partial charge in [-0.3, -0.25) is 4.79 Å². The van der Waals surface area contributed by atoms with E-state index in [2.05, 4.69) is 12.2 Å². The van der Waals surface area contributed by atoms with Crippen LogP contribution in [0.3, 0.4) is 0 Å². The van der Waals surface area contributed by atoms with Crippen LogP contribution in [0.4, 0.5) is 0 Å². The van der Waals surface area contributed by atoms with Gasteiger partial charge in [0, 0.05) is 6.54 Å². The third-order valence-corrected chi connectivity index (χ3v) is 3.90. The van der Waals surface area contributed by atoms with Crippen LogP contribution in [0.25, 0.3) is 0 Å². The van der Waals surface area contributed by atoms with Crippen molar-refractivity contribution in [2.24, 2.45) is 0 Å². The van der Waals surface area contributed by atoms with Gasteiger partial charge in [-0.25, -0.2) is 0 Å². The number of rotatable bonds is 8. The number of carbonyl (C=O) groups excluding carboxylic acids is 1. The summed E-state index contributed by atoms with van der Waals surface area (Å²) >= 11 is 0. The van der Waals surface area contributed by atoms with Crippen molar-refractivity contribution in [3.05, 3.63) is 59.7 Å². The zero-order chi connectivity index (χ0) is 17.4. The molecule has 0 aliphatic rings. The molecule has 0 aliphatic carbocycles. The topological polar surface area (TPSA) is 47.6 Å². The molecule has 1 N–H and O–H groups in total. The molecule has 0 radical (unpaired) electrons. The summed E-state index contributed by atoms with van der Waals surface area (Å²) in [7, 11) is 1.63. The van der Waals surface area contributed by atoms with E-state index in [1.165, 1.54) is 5.56 Å². The Morgan fingerprint density at radius 3 is 2.08 bits per heavy atom. The summed E-state index contributed by atoms with van der Waals surface area (Å²) in [6.45, 7) is 4.52. The molecule has 0 aliphatic heterocycles.